The summed E-state index contributed by atoms with van der Waals surface area (Å²) >= 11 is 2.87. The van der Waals surface area contributed by atoms with Crippen LogP contribution in [0.4, 0.5) is 5.13 Å². The molecule has 1 amide bonds. The lowest BCUT2D eigenvalue weighted by Gasteiger charge is -2.23. The monoisotopic (exact) mass is 280 g/mol. The van der Waals surface area contributed by atoms with Gasteiger partial charge in [-0.1, -0.05) is 11.3 Å². The summed E-state index contributed by atoms with van der Waals surface area (Å²) in [5.74, 6) is -0.187. The topological polar surface area (TPSA) is 80.9 Å². The van der Waals surface area contributed by atoms with Crippen molar-refractivity contribution in [3.05, 3.63) is 26.9 Å². The summed E-state index contributed by atoms with van der Waals surface area (Å²) in [4.78, 5) is 13.4. The maximum absolute atomic E-state index is 12.0. The second-order valence-electron chi connectivity index (χ2n) is 4.16. The van der Waals surface area contributed by atoms with E-state index < -0.39 is 0 Å². The second kappa shape index (κ2) is 4.66. The van der Waals surface area contributed by atoms with E-state index in [1.165, 1.54) is 10.4 Å². The van der Waals surface area contributed by atoms with Crippen molar-refractivity contribution < 1.29 is 4.79 Å². The molecule has 0 aliphatic heterocycles. The van der Waals surface area contributed by atoms with Crippen LogP contribution < -0.4 is 11.1 Å². The van der Waals surface area contributed by atoms with Gasteiger partial charge in [-0.25, -0.2) is 0 Å². The van der Waals surface area contributed by atoms with Crippen LogP contribution >= 0.6 is 22.7 Å². The second-order valence-corrected chi connectivity index (χ2v) is 6.17. The number of anilines is 1. The molecule has 0 saturated carbocycles. The number of hydrogen-bond donors (Lipinski definition) is 2. The summed E-state index contributed by atoms with van der Waals surface area (Å²) in [5, 5.41) is 13.2. The Morgan fingerprint density at radius 3 is 3.17 bits per heavy atom. The summed E-state index contributed by atoms with van der Waals surface area (Å²) in [6.07, 6.45) is 3.20. The van der Waals surface area contributed by atoms with Crippen LogP contribution in [0.5, 0.6) is 0 Å². The number of nitrogens with zero attached hydrogens (tertiary/aromatic N) is 2. The third-order valence-corrected chi connectivity index (χ3v) is 4.74. The lowest BCUT2D eigenvalue weighted by atomic mass is 9.94. The molecular formula is C11H12N4OS2. The number of fused-ring (bicyclic) bond motifs is 1. The molecule has 2 heterocycles. The Morgan fingerprint density at radius 2 is 2.39 bits per heavy atom. The van der Waals surface area contributed by atoms with Gasteiger partial charge >= 0.3 is 0 Å². The average molecular weight is 280 g/mol. The Balaban J connectivity index is 1.77. The first kappa shape index (κ1) is 11.6. The quantitative estimate of drug-likeness (QED) is 0.881. The van der Waals surface area contributed by atoms with E-state index in [-0.39, 0.29) is 11.9 Å². The number of aromatic nitrogens is 2. The molecule has 0 bridgehead atoms. The zero-order chi connectivity index (χ0) is 12.5. The molecule has 1 unspecified atom stereocenters. The van der Waals surface area contributed by atoms with Crippen LogP contribution in [-0.4, -0.2) is 16.1 Å². The molecule has 18 heavy (non-hydrogen) atoms. The van der Waals surface area contributed by atoms with E-state index in [0.717, 1.165) is 30.6 Å². The highest BCUT2D eigenvalue weighted by molar-refractivity contribution is 7.16. The van der Waals surface area contributed by atoms with E-state index in [9.17, 15) is 4.79 Å². The van der Waals surface area contributed by atoms with Gasteiger partial charge in [0.1, 0.15) is 0 Å². The number of hydrogen-bond acceptors (Lipinski definition) is 6. The lowest BCUT2D eigenvalue weighted by Crippen LogP contribution is -2.30. The van der Waals surface area contributed by atoms with E-state index >= 15 is 0 Å². The molecule has 1 atom stereocenters. The maximum atomic E-state index is 12.0. The number of thiophene rings is 1. The number of nitrogen functional groups attached to an aromatic ring is 1. The highest BCUT2D eigenvalue weighted by Crippen LogP contribution is 2.33. The number of amides is 1. The normalized spacial score (nSPS) is 18.3. The number of carbonyl (C=O) groups is 1. The van der Waals surface area contributed by atoms with Crippen LogP contribution in [-0.2, 0) is 6.42 Å². The molecule has 1 aliphatic carbocycles. The first-order chi connectivity index (χ1) is 8.74. The van der Waals surface area contributed by atoms with Gasteiger partial charge in [0.05, 0.1) is 6.04 Å². The molecule has 2 aromatic rings. The van der Waals surface area contributed by atoms with E-state index in [1.54, 1.807) is 11.3 Å². The first-order valence-corrected chi connectivity index (χ1v) is 7.40. The molecular weight excluding hydrogens is 268 g/mol. The minimum absolute atomic E-state index is 0.0950. The highest BCUT2D eigenvalue weighted by atomic mass is 32.1. The Hall–Kier alpha value is -1.47. The molecule has 0 radical (unpaired) electrons. The van der Waals surface area contributed by atoms with E-state index in [1.807, 2.05) is 0 Å². The molecule has 5 nitrogen and oxygen atoms in total. The van der Waals surface area contributed by atoms with Gasteiger partial charge in [0.25, 0.3) is 5.91 Å². The van der Waals surface area contributed by atoms with Crippen molar-refractivity contribution >= 4 is 33.7 Å². The van der Waals surface area contributed by atoms with Crippen molar-refractivity contribution in [2.45, 2.75) is 25.3 Å². The zero-order valence-corrected chi connectivity index (χ0v) is 11.2. The summed E-state index contributed by atoms with van der Waals surface area (Å²) in [6.45, 7) is 0. The summed E-state index contributed by atoms with van der Waals surface area (Å²) in [5.41, 5.74) is 6.72. The van der Waals surface area contributed by atoms with Crippen molar-refractivity contribution in [2.75, 3.05) is 5.73 Å². The van der Waals surface area contributed by atoms with Crippen molar-refractivity contribution in [2.24, 2.45) is 0 Å². The van der Waals surface area contributed by atoms with Crippen LogP contribution in [0.25, 0.3) is 0 Å². The van der Waals surface area contributed by atoms with Gasteiger partial charge in [-0.15, -0.1) is 21.5 Å². The fourth-order valence-corrected chi connectivity index (χ4v) is 3.68. The van der Waals surface area contributed by atoms with Gasteiger partial charge in [0, 0.05) is 4.88 Å². The Bertz CT molecular complexity index is 577. The van der Waals surface area contributed by atoms with Crippen molar-refractivity contribution in [3.63, 3.8) is 0 Å². The molecule has 3 N–H and O–H groups in total. The molecule has 2 aromatic heterocycles. The first-order valence-electron chi connectivity index (χ1n) is 5.70. The third kappa shape index (κ3) is 2.11. The van der Waals surface area contributed by atoms with Crippen molar-refractivity contribution in [1.29, 1.82) is 0 Å². The largest absolute Gasteiger partial charge is 0.374 e. The standard InChI is InChI=1S/C11H12N4OS2/c12-11-15-14-10(18-11)9(16)13-7-2-1-3-8-6(7)4-5-17-8/h4-5,7H,1-3H2,(H2,12,15)(H,13,16). The smallest absolute Gasteiger partial charge is 0.282 e. The van der Waals surface area contributed by atoms with Crippen LogP contribution in [0.15, 0.2) is 11.4 Å². The van der Waals surface area contributed by atoms with Gasteiger partial charge < -0.3 is 11.1 Å². The average Bonchev–Trinajstić information content (AvgIpc) is 2.97. The number of aryl methyl sites for hydroxylation is 1. The predicted octanol–water partition coefficient (Wildman–Crippen LogP) is 1.99. The molecule has 0 aromatic carbocycles. The Labute approximate surface area is 112 Å². The van der Waals surface area contributed by atoms with Crippen LogP contribution in [0.1, 0.15) is 39.1 Å². The minimum atomic E-state index is -0.187. The molecule has 0 spiro atoms. The summed E-state index contributed by atoms with van der Waals surface area (Å²) < 4.78 is 0. The fourth-order valence-electron chi connectivity index (χ4n) is 2.18. The third-order valence-electron chi connectivity index (χ3n) is 2.99. The van der Waals surface area contributed by atoms with E-state index in [4.69, 9.17) is 5.73 Å². The Kier molecular flexibility index (Phi) is 3.00. The van der Waals surface area contributed by atoms with Crippen LogP contribution in [0, 0.1) is 0 Å². The predicted molar refractivity (Wildman–Crippen MR) is 71.8 cm³/mol. The molecule has 94 valence electrons. The lowest BCUT2D eigenvalue weighted by molar-refractivity contribution is 0.0932. The molecule has 1 aliphatic rings. The fraction of sp³-hybridized carbons (Fsp3) is 0.364. The summed E-state index contributed by atoms with van der Waals surface area (Å²) in [7, 11) is 0. The zero-order valence-electron chi connectivity index (χ0n) is 9.55. The van der Waals surface area contributed by atoms with Gasteiger partial charge in [0.2, 0.25) is 10.1 Å². The number of carbonyl (C=O) groups excluding carboxylic acids is 1. The van der Waals surface area contributed by atoms with Crippen molar-refractivity contribution in [3.8, 4) is 0 Å². The van der Waals surface area contributed by atoms with Gasteiger partial charge in [-0.2, -0.15) is 0 Å². The highest BCUT2D eigenvalue weighted by Gasteiger charge is 2.24. The van der Waals surface area contributed by atoms with Gasteiger partial charge in [-0.3, -0.25) is 4.79 Å². The van der Waals surface area contributed by atoms with E-state index in [2.05, 4.69) is 27.0 Å². The molecule has 0 fully saturated rings. The number of nitrogens with two attached hydrogens (primary N) is 1. The van der Waals surface area contributed by atoms with Crippen LogP contribution in [0.3, 0.4) is 0 Å². The maximum Gasteiger partial charge on any atom is 0.282 e. The number of nitrogens with one attached hydrogen (secondary N) is 1. The van der Waals surface area contributed by atoms with Gasteiger partial charge in [-0.05, 0) is 36.3 Å². The minimum Gasteiger partial charge on any atom is -0.374 e. The van der Waals surface area contributed by atoms with Gasteiger partial charge in [0.15, 0.2) is 0 Å². The van der Waals surface area contributed by atoms with Crippen LogP contribution in [0.2, 0.25) is 0 Å². The van der Waals surface area contributed by atoms with E-state index in [0.29, 0.717) is 10.1 Å². The summed E-state index contributed by atoms with van der Waals surface area (Å²) in [6, 6.07) is 2.19. The molecule has 0 saturated heterocycles. The molecule has 7 heteroatoms. The SMILES string of the molecule is Nc1nnc(C(=O)NC2CCCc3sccc32)s1. The molecule has 3 rings (SSSR count). The Morgan fingerprint density at radius 1 is 1.50 bits per heavy atom. The van der Waals surface area contributed by atoms with Crippen molar-refractivity contribution in [1.82, 2.24) is 15.5 Å². The number of rotatable bonds is 2.